The van der Waals surface area contributed by atoms with Crippen LogP contribution in [0.1, 0.15) is 70.6 Å². The molecule has 0 bridgehead atoms. The zero-order valence-electron chi connectivity index (χ0n) is 27.2. The second kappa shape index (κ2) is 16.0. The number of likely N-dealkylation sites (tertiary alicyclic amines) is 1. The van der Waals surface area contributed by atoms with E-state index >= 15 is 0 Å². The van der Waals surface area contributed by atoms with E-state index in [4.69, 9.17) is 10.5 Å². The van der Waals surface area contributed by atoms with Crippen LogP contribution in [-0.4, -0.2) is 70.8 Å². The van der Waals surface area contributed by atoms with Gasteiger partial charge in [0.2, 0.25) is 11.8 Å². The quantitative estimate of drug-likeness (QED) is 0.286. The van der Waals surface area contributed by atoms with E-state index in [1.54, 1.807) is 25.7 Å². The molecule has 1 saturated heterocycles. The lowest BCUT2D eigenvalue weighted by Crippen LogP contribution is -2.55. The van der Waals surface area contributed by atoms with Crippen LogP contribution in [-0.2, 0) is 27.2 Å². The smallest absolute Gasteiger partial charge is 0.407 e. The minimum absolute atomic E-state index is 0.0740. The summed E-state index contributed by atoms with van der Waals surface area (Å²) in [7, 11) is 0. The SMILES string of the molecule is Cc1ccc(CC(CC(O)C(Cc2ccccc2)NC(=O)OC(C)(C)C)C(=O)N[C@H](C(=O)N2CCC(N)CC2)C(C)C)cc1. The topological polar surface area (TPSA) is 134 Å². The van der Waals surface area contributed by atoms with Crippen LogP contribution in [0.5, 0.6) is 0 Å². The molecule has 9 heteroatoms. The number of rotatable bonds is 12. The zero-order chi connectivity index (χ0) is 32.4. The summed E-state index contributed by atoms with van der Waals surface area (Å²) in [6.07, 6.45) is 0.560. The first-order chi connectivity index (χ1) is 20.7. The first-order valence-electron chi connectivity index (χ1n) is 15.8. The van der Waals surface area contributed by atoms with Crippen molar-refractivity contribution in [3.8, 4) is 0 Å². The Kier molecular flexibility index (Phi) is 12.8. The summed E-state index contributed by atoms with van der Waals surface area (Å²) in [4.78, 5) is 42.1. The van der Waals surface area contributed by atoms with Crippen LogP contribution in [0, 0.1) is 18.8 Å². The molecule has 0 radical (unpaired) electrons. The van der Waals surface area contributed by atoms with Gasteiger partial charge in [0.25, 0.3) is 0 Å². The molecular weight excluding hydrogens is 556 g/mol. The van der Waals surface area contributed by atoms with Gasteiger partial charge in [-0.1, -0.05) is 74.0 Å². The number of nitrogens with two attached hydrogens (primary N) is 1. The number of alkyl carbamates (subject to hydrolysis) is 1. The summed E-state index contributed by atoms with van der Waals surface area (Å²) >= 11 is 0. The fraction of sp³-hybridized carbons (Fsp3) is 0.571. The first kappa shape index (κ1) is 35.1. The van der Waals surface area contributed by atoms with Gasteiger partial charge in [-0.15, -0.1) is 0 Å². The number of aryl methyl sites for hydroxylation is 1. The van der Waals surface area contributed by atoms with Gasteiger partial charge in [-0.2, -0.15) is 0 Å². The molecule has 242 valence electrons. The second-order valence-electron chi connectivity index (χ2n) is 13.5. The largest absolute Gasteiger partial charge is 0.444 e. The summed E-state index contributed by atoms with van der Waals surface area (Å²) in [5, 5.41) is 17.5. The molecule has 2 aromatic rings. The Bertz CT molecular complexity index is 1200. The standard InChI is InChI=1S/C35H52N4O5/c1-23(2)31(33(42)39-18-16-28(36)17-19-39)38-32(41)27(20-26-14-12-24(3)13-15-26)22-30(40)29(21-25-10-8-7-9-11-25)37-34(43)44-35(4,5)6/h7-15,23,27-31,40H,16-22,36H2,1-6H3,(H,37,43)(H,38,41)/t27?,29?,30?,31-/m0/s1. The Morgan fingerprint density at radius 2 is 1.55 bits per heavy atom. The number of nitrogens with zero attached hydrogens (tertiary/aromatic N) is 1. The Morgan fingerprint density at radius 3 is 2.11 bits per heavy atom. The van der Waals surface area contributed by atoms with Crippen LogP contribution in [0.15, 0.2) is 54.6 Å². The highest BCUT2D eigenvalue weighted by Gasteiger charge is 2.35. The lowest BCUT2D eigenvalue weighted by Gasteiger charge is -2.35. The molecule has 3 unspecified atom stereocenters. The highest BCUT2D eigenvalue weighted by molar-refractivity contribution is 5.89. The van der Waals surface area contributed by atoms with Crippen molar-refractivity contribution >= 4 is 17.9 Å². The highest BCUT2D eigenvalue weighted by Crippen LogP contribution is 2.21. The molecule has 0 aromatic heterocycles. The number of ether oxygens (including phenoxy) is 1. The van der Waals surface area contributed by atoms with Gasteiger partial charge in [0.05, 0.1) is 12.1 Å². The van der Waals surface area contributed by atoms with E-state index in [0.717, 1.165) is 29.5 Å². The van der Waals surface area contributed by atoms with Crippen molar-refractivity contribution in [3.63, 3.8) is 0 Å². The summed E-state index contributed by atoms with van der Waals surface area (Å²) in [5.41, 5.74) is 8.32. The molecule has 2 aromatic carbocycles. The zero-order valence-corrected chi connectivity index (χ0v) is 27.2. The van der Waals surface area contributed by atoms with E-state index in [0.29, 0.717) is 25.9 Å². The number of carbonyl (C=O) groups excluding carboxylic acids is 3. The van der Waals surface area contributed by atoms with E-state index in [1.807, 2.05) is 75.4 Å². The van der Waals surface area contributed by atoms with Crippen LogP contribution in [0.25, 0.3) is 0 Å². The summed E-state index contributed by atoms with van der Waals surface area (Å²) in [5.74, 6) is -1.20. The molecule has 1 aliphatic rings. The van der Waals surface area contributed by atoms with Crippen molar-refractivity contribution in [2.75, 3.05) is 13.1 Å². The van der Waals surface area contributed by atoms with Gasteiger partial charge in [0, 0.05) is 25.0 Å². The summed E-state index contributed by atoms with van der Waals surface area (Å²) < 4.78 is 5.49. The van der Waals surface area contributed by atoms with Crippen LogP contribution in [0.4, 0.5) is 4.79 Å². The molecule has 0 spiro atoms. The fourth-order valence-electron chi connectivity index (χ4n) is 5.46. The molecule has 3 amide bonds. The molecule has 0 saturated carbocycles. The van der Waals surface area contributed by atoms with Crippen LogP contribution >= 0.6 is 0 Å². The van der Waals surface area contributed by atoms with Gasteiger partial charge in [0.1, 0.15) is 11.6 Å². The third-order valence-corrected chi connectivity index (χ3v) is 8.05. The predicted molar refractivity (Wildman–Crippen MR) is 173 cm³/mol. The number of aliphatic hydroxyl groups is 1. The number of benzene rings is 2. The average molecular weight is 609 g/mol. The van der Waals surface area contributed by atoms with Crippen molar-refractivity contribution in [3.05, 3.63) is 71.3 Å². The molecular formula is C35H52N4O5. The highest BCUT2D eigenvalue weighted by atomic mass is 16.6. The molecule has 4 atom stereocenters. The van der Waals surface area contributed by atoms with E-state index in [1.165, 1.54) is 0 Å². The van der Waals surface area contributed by atoms with Gasteiger partial charge in [0.15, 0.2) is 0 Å². The Labute approximate surface area is 262 Å². The van der Waals surface area contributed by atoms with Crippen LogP contribution in [0.3, 0.4) is 0 Å². The average Bonchev–Trinajstić information content (AvgIpc) is 2.95. The van der Waals surface area contributed by atoms with E-state index < -0.39 is 35.8 Å². The van der Waals surface area contributed by atoms with Gasteiger partial charge in [-0.3, -0.25) is 9.59 Å². The molecule has 9 nitrogen and oxygen atoms in total. The van der Waals surface area contributed by atoms with E-state index in [9.17, 15) is 19.5 Å². The van der Waals surface area contributed by atoms with Crippen molar-refractivity contribution in [2.45, 2.75) is 103 Å². The maximum atomic E-state index is 14.0. The summed E-state index contributed by atoms with van der Waals surface area (Å²) in [6.45, 7) is 12.3. The first-order valence-corrected chi connectivity index (χ1v) is 15.8. The lowest BCUT2D eigenvalue weighted by molar-refractivity contribution is -0.139. The minimum atomic E-state index is -1.07. The number of carbonyl (C=O) groups is 3. The number of piperidine rings is 1. The summed E-state index contributed by atoms with van der Waals surface area (Å²) in [6, 6.07) is 16.2. The van der Waals surface area contributed by atoms with Gasteiger partial charge in [-0.05, 0) is 76.8 Å². The Hall–Kier alpha value is -3.43. The molecule has 1 fully saturated rings. The van der Waals surface area contributed by atoms with Crippen LogP contribution < -0.4 is 16.4 Å². The molecule has 1 aliphatic heterocycles. The van der Waals surface area contributed by atoms with Crippen molar-refractivity contribution in [1.29, 1.82) is 0 Å². The Balaban J connectivity index is 1.84. The number of hydrogen-bond donors (Lipinski definition) is 4. The van der Waals surface area contributed by atoms with Crippen molar-refractivity contribution in [1.82, 2.24) is 15.5 Å². The normalized spacial score (nSPS) is 17.0. The molecule has 0 aliphatic carbocycles. The number of amides is 3. The lowest BCUT2D eigenvalue weighted by atomic mass is 9.88. The van der Waals surface area contributed by atoms with Gasteiger partial charge in [-0.25, -0.2) is 4.79 Å². The maximum absolute atomic E-state index is 14.0. The predicted octanol–water partition coefficient (Wildman–Crippen LogP) is 4.13. The van der Waals surface area contributed by atoms with Crippen molar-refractivity contribution < 1.29 is 24.2 Å². The third-order valence-electron chi connectivity index (χ3n) is 8.05. The number of nitrogens with one attached hydrogen (secondary N) is 2. The van der Waals surface area contributed by atoms with Crippen LogP contribution in [0.2, 0.25) is 0 Å². The van der Waals surface area contributed by atoms with Crippen molar-refractivity contribution in [2.24, 2.45) is 17.6 Å². The second-order valence-corrected chi connectivity index (χ2v) is 13.5. The monoisotopic (exact) mass is 608 g/mol. The van der Waals surface area contributed by atoms with Gasteiger partial charge >= 0.3 is 6.09 Å². The molecule has 44 heavy (non-hydrogen) atoms. The molecule has 1 heterocycles. The third kappa shape index (κ3) is 11.2. The van der Waals surface area contributed by atoms with Gasteiger partial charge < -0.3 is 31.1 Å². The fourth-order valence-corrected chi connectivity index (χ4v) is 5.46. The number of aliphatic hydroxyl groups excluding tert-OH is 1. The molecule has 3 rings (SSSR count). The number of hydrogen-bond acceptors (Lipinski definition) is 6. The van der Waals surface area contributed by atoms with E-state index in [-0.39, 0.29) is 30.2 Å². The minimum Gasteiger partial charge on any atom is -0.444 e. The molecule has 5 N–H and O–H groups in total. The maximum Gasteiger partial charge on any atom is 0.407 e. The Morgan fingerprint density at radius 1 is 0.955 bits per heavy atom. The van der Waals surface area contributed by atoms with E-state index in [2.05, 4.69) is 10.6 Å².